The van der Waals surface area contributed by atoms with Crippen LogP contribution in [0.2, 0.25) is 0 Å². The summed E-state index contributed by atoms with van der Waals surface area (Å²) in [5.41, 5.74) is 0.699. The number of carboxylic acids is 1. The summed E-state index contributed by atoms with van der Waals surface area (Å²) in [6, 6.07) is 8.37. The molecule has 1 aliphatic heterocycles. The van der Waals surface area contributed by atoms with Crippen LogP contribution in [0.3, 0.4) is 0 Å². The fraction of sp³-hybridized carbons (Fsp3) is 0.133. The van der Waals surface area contributed by atoms with Crippen molar-refractivity contribution in [3.63, 3.8) is 0 Å². The third-order valence-corrected chi connectivity index (χ3v) is 2.83. The van der Waals surface area contributed by atoms with Gasteiger partial charge < -0.3 is 25.6 Å². The van der Waals surface area contributed by atoms with E-state index in [4.69, 9.17) is 15.1 Å². The molecule has 4 N–H and O–H groups in total. The highest BCUT2D eigenvalue weighted by Crippen LogP contribution is 2.16. The molecule has 0 bridgehead atoms. The lowest BCUT2D eigenvalue weighted by molar-refractivity contribution is -0.139. The molecule has 0 radical (unpaired) electrons. The molecule has 1 atom stereocenters. The van der Waals surface area contributed by atoms with Gasteiger partial charge in [-0.25, -0.2) is 4.79 Å². The number of aliphatic hydroxyl groups is 1. The van der Waals surface area contributed by atoms with Crippen molar-refractivity contribution < 1.29 is 24.5 Å². The Kier molecular flexibility index (Phi) is 4.96. The van der Waals surface area contributed by atoms with E-state index in [1.165, 1.54) is 6.08 Å². The molecular weight excluding hydrogens is 302 g/mol. The van der Waals surface area contributed by atoms with Gasteiger partial charge in [0, 0.05) is 0 Å². The number of hydrogen-bond donors (Lipinski definition) is 4. The van der Waals surface area contributed by atoms with E-state index in [-0.39, 0.29) is 11.3 Å². The average molecular weight is 315 g/mol. The maximum Gasteiger partial charge on any atom is 0.341 e. The summed E-state index contributed by atoms with van der Waals surface area (Å²) < 4.78 is 5.06. The molecule has 0 saturated carbocycles. The standard InChI is InChI=1S/C15H13N3O5/c16-7-11-12(17-15(22)18-14(11)21)5-4-9-2-1-3-10(6-9)23-8-13(19)20/h1-6,15,17,22H,8H2,(H,18,21)(H,19,20)/b5-4+. The second-order valence-corrected chi connectivity index (χ2v) is 4.51. The lowest BCUT2D eigenvalue weighted by Crippen LogP contribution is -2.49. The lowest BCUT2D eigenvalue weighted by atomic mass is 10.1. The minimum atomic E-state index is -1.27. The summed E-state index contributed by atoms with van der Waals surface area (Å²) in [6.07, 6.45) is 1.79. The number of carboxylic acid groups (broad SMARTS) is 1. The summed E-state index contributed by atoms with van der Waals surface area (Å²) in [6.45, 7) is -0.454. The minimum Gasteiger partial charge on any atom is -0.482 e. The van der Waals surface area contributed by atoms with Crippen LogP contribution in [-0.2, 0) is 9.59 Å². The lowest BCUT2D eigenvalue weighted by Gasteiger charge is -2.22. The van der Waals surface area contributed by atoms with Gasteiger partial charge in [-0.2, -0.15) is 5.26 Å². The van der Waals surface area contributed by atoms with Crippen molar-refractivity contribution in [3.8, 4) is 11.8 Å². The van der Waals surface area contributed by atoms with Crippen molar-refractivity contribution in [1.29, 1.82) is 5.26 Å². The van der Waals surface area contributed by atoms with E-state index >= 15 is 0 Å². The molecule has 1 amide bonds. The zero-order valence-electron chi connectivity index (χ0n) is 11.8. The van der Waals surface area contributed by atoms with E-state index in [0.29, 0.717) is 11.3 Å². The third kappa shape index (κ3) is 4.33. The topological polar surface area (TPSA) is 132 Å². The monoisotopic (exact) mass is 315 g/mol. The number of benzene rings is 1. The van der Waals surface area contributed by atoms with Gasteiger partial charge in [0.2, 0.25) is 6.35 Å². The third-order valence-electron chi connectivity index (χ3n) is 2.83. The van der Waals surface area contributed by atoms with Crippen molar-refractivity contribution in [2.75, 3.05) is 6.61 Å². The van der Waals surface area contributed by atoms with Gasteiger partial charge in [0.05, 0.1) is 5.70 Å². The first-order chi connectivity index (χ1) is 11.0. The van der Waals surface area contributed by atoms with Gasteiger partial charge in [0.15, 0.2) is 6.61 Å². The van der Waals surface area contributed by atoms with Crippen LogP contribution in [0.4, 0.5) is 0 Å². The van der Waals surface area contributed by atoms with Gasteiger partial charge >= 0.3 is 5.97 Å². The Morgan fingerprint density at radius 2 is 2.17 bits per heavy atom. The molecule has 0 fully saturated rings. The van der Waals surface area contributed by atoms with E-state index < -0.39 is 24.8 Å². The van der Waals surface area contributed by atoms with Crippen LogP contribution in [0.5, 0.6) is 5.75 Å². The van der Waals surface area contributed by atoms with Crippen LogP contribution in [-0.4, -0.2) is 35.0 Å². The number of carbonyl (C=O) groups is 2. The Labute approximate surface area is 131 Å². The highest BCUT2D eigenvalue weighted by Gasteiger charge is 2.23. The number of nitrogens with one attached hydrogen (secondary N) is 2. The summed E-state index contributed by atoms with van der Waals surface area (Å²) in [5.74, 6) is -1.38. The van der Waals surface area contributed by atoms with Crippen molar-refractivity contribution in [1.82, 2.24) is 10.6 Å². The number of aliphatic carboxylic acids is 1. The molecule has 8 nitrogen and oxygen atoms in total. The Morgan fingerprint density at radius 1 is 1.39 bits per heavy atom. The van der Waals surface area contributed by atoms with Crippen molar-refractivity contribution in [3.05, 3.63) is 47.2 Å². The number of carbonyl (C=O) groups excluding carboxylic acids is 1. The molecule has 1 aromatic rings. The Hall–Kier alpha value is -3.31. The van der Waals surface area contributed by atoms with E-state index in [1.807, 2.05) is 0 Å². The zero-order valence-corrected chi connectivity index (χ0v) is 11.8. The molecule has 0 aliphatic carbocycles. The molecule has 23 heavy (non-hydrogen) atoms. The van der Waals surface area contributed by atoms with Crippen LogP contribution < -0.4 is 15.4 Å². The van der Waals surface area contributed by atoms with Crippen LogP contribution in [0, 0.1) is 11.3 Å². The van der Waals surface area contributed by atoms with Gasteiger partial charge in [-0.05, 0) is 23.8 Å². The SMILES string of the molecule is N#CC1=C(/C=C/c2cccc(OCC(=O)O)c2)NC(O)NC1=O. The molecule has 1 unspecified atom stereocenters. The number of amides is 1. The summed E-state index contributed by atoms with van der Waals surface area (Å²) in [5, 5.41) is 31.7. The molecule has 118 valence electrons. The average Bonchev–Trinajstić information content (AvgIpc) is 2.51. The van der Waals surface area contributed by atoms with E-state index in [0.717, 1.165) is 0 Å². The Balaban J connectivity index is 2.19. The molecule has 8 heteroatoms. The molecule has 0 saturated heterocycles. The van der Waals surface area contributed by atoms with E-state index in [9.17, 15) is 14.7 Å². The molecule has 1 heterocycles. The number of nitriles is 1. The first-order valence-electron chi connectivity index (χ1n) is 6.52. The Bertz CT molecular complexity index is 733. The maximum absolute atomic E-state index is 11.6. The maximum atomic E-state index is 11.6. The van der Waals surface area contributed by atoms with Crippen molar-refractivity contribution in [2.45, 2.75) is 6.35 Å². The first-order valence-corrected chi connectivity index (χ1v) is 6.52. The van der Waals surface area contributed by atoms with Gasteiger partial charge in [0.25, 0.3) is 5.91 Å². The molecule has 0 aromatic heterocycles. The van der Waals surface area contributed by atoms with Gasteiger partial charge in [0.1, 0.15) is 17.4 Å². The highest BCUT2D eigenvalue weighted by molar-refractivity contribution is 5.99. The zero-order chi connectivity index (χ0) is 16.8. The first kappa shape index (κ1) is 16.1. The smallest absolute Gasteiger partial charge is 0.341 e. The predicted molar refractivity (Wildman–Crippen MR) is 78.5 cm³/mol. The summed E-state index contributed by atoms with van der Waals surface area (Å²) in [7, 11) is 0. The molecular formula is C15H13N3O5. The number of hydrogen-bond acceptors (Lipinski definition) is 6. The fourth-order valence-corrected chi connectivity index (χ4v) is 1.85. The van der Waals surface area contributed by atoms with E-state index in [1.54, 1.807) is 36.4 Å². The van der Waals surface area contributed by atoms with Crippen molar-refractivity contribution in [2.24, 2.45) is 0 Å². The second kappa shape index (κ2) is 7.11. The van der Waals surface area contributed by atoms with Crippen LogP contribution >= 0.6 is 0 Å². The van der Waals surface area contributed by atoms with Crippen LogP contribution in [0.15, 0.2) is 41.6 Å². The molecule has 1 aromatic carbocycles. The van der Waals surface area contributed by atoms with Crippen molar-refractivity contribution >= 4 is 18.0 Å². The van der Waals surface area contributed by atoms with Crippen LogP contribution in [0.25, 0.3) is 6.08 Å². The van der Waals surface area contributed by atoms with E-state index in [2.05, 4.69) is 10.6 Å². The Morgan fingerprint density at radius 3 is 2.87 bits per heavy atom. The van der Waals surface area contributed by atoms with Gasteiger partial charge in [-0.1, -0.05) is 18.2 Å². The number of nitrogens with zero attached hydrogens (tertiary/aromatic N) is 1. The van der Waals surface area contributed by atoms with Crippen LogP contribution in [0.1, 0.15) is 5.56 Å². The summed E-state index contributed by atoms with van der Waals surface area (Å²) >= 11 is 0. The normalized spacial score (nSPS) is 17.4. The van der Waals surface area contributed by atoms with Gasteiger partial charge in [-0.3, -0.25) is 4.79 Å². The predicted octanol–water partition coefficient (Wildman–Crippen LogP) is -0.0638. The fourth-order valence-electron chi connectivity index (χ4n) is 1.85. The highest BCUT2D eigenvalue weighted by atomic mass is 16.5. The van der Waals surface area contributed by atoms with Gasteiger partial charge in [-0.15, -0.1) is 0 Å². The molecule has 0 spiro atoms. The minimum absolute atomic E-state index is 0.148. The largest absolute Gasteiger partial charge is 0.482 e. The quantitative estimate of drug-likeness (QED) is 0.598. The molecule has 2 rings (SSSR count). The number of rotatable bonds is 5. The number of aliphatic hydroxyl groups excluding tert-OH is 1. The number of ether oxygens (including phenoxy) is 1. The summed E-state index contributed by atoms with van der Waals surface area (Å²) in [4.78, 5) is 22.0. The second-order valence-electron chi connectivity index (χ2n) is 4.51. The number of allylic oxidation sites excluding steroid dienone is 1. The molecule has 1 aliphatic rings.